The van der Waals surface area contributed by atoms with Crippen LogP contribution in [-0.4, -0.2) is 63.7 Å². The standard InChI is InChI=1S/C16H20N8O2/c1-16(26)3-5-23(15(25)14-18-4-6-22(14)2)7-10(16)24-9-21-11-12(17)19-8-20-13(11)24/h4,6,8-10,26H,3,5,7H2,1-2H3,(H2,17,19,20)/t10-,16-/m1/s1. The lowest BCUT2D eigenvalue weighted by atomic mass is 9.88. The molecule has 1 saturated heterocycles. The van der Waals surface area contributed by atoms with E-state index in [1.807, 2.05) is 0 Å². The highest BCUT2D eigenvalue weighted by Crippen LogP contribution is 2.34. The van der Waals surface area contributed by atoms with E-state index in [1.165, 1.54) is 6.33 Å². The zero-order valence-electron chi connectivity index (χ0n) is 14.6. The first-order valence-corrected chi connectivity index (χ1v) is 8.30. The molecule has 1 aliphatic rings. The van der Waals surface area contributed by atoms with Gasteiger partial charge in [-0.05, 0) is 13.3 Å². The third-order valence-corrected chi connectivity index (χ3v) is 5.02. The van der Waals surface area contributed by atoms with Gasteiger partial charge in [0.2, 0.25) is 0 Å². The van der Waals surface area contributed by atoms with Crippen LogP contribution in [0.15, 0.2) is 25.0 Å². The Balaban J connectivity index is 1.70. The van der Waals surface area contributed by atoms with E-state index in [2.05, 4.69) is 19.9 Å². The van der Waals surface area contributed by atoms with E-state index in [1.54, 1.807) is 46.7 Å². The maximum Gasteiger partial charge on any atom is 0.289 e. The lowest BCUT2D eigenvalue weighted by Crippen LogP contribution is -2.52. The van der Waals surface area contributed by atoms with E-state index in [4.69, 9.17) is 5.73 Å². The largest absolute Gasteiger partial charge is 0.388 e. The Kier molecular flexibility index (Phi) is 3.65. The quantitative estimate of drug-likeness (QED) is 0.660. The number of fused-ring (bicyclic) bond motifs is 1. The number of nitrogen functional groups attached to an aromatic ring is 1. The number of piperidine rings is 1. The predicted octanol–water partition coefficient (Wildman–Crippen LogP) is -0.0198. The van der Waals surface area contributed by atoms with Gasteiger partial charge in [0.1, 0.15) is 11.8 Å². The number of carbonyl (C=O) groups is 1. The fourth-order valence-corrected chi connectivity index (χ4v) is 3.41. The molecule has 3 aromatic heterocycles. The van der Waals surface area contributed by atoms with Gasteiger partial charge in [0.15, 0.2) is 17.3 Å². The number of hydrogen-bond acceptors (Lipinski definition) is 7. The molecule has 1 aliphatic heterocycles. The molecule has 0 aliphatic carbocycles. The number of amides is 1. The molecule has 1 fully saturated rings. The zero-order chi connectivity index (χ0) is 18.5. The van der Waals surface area contributed by atoms with Crippen LogP contribution < -0.4 is 5.73 Å². The summed E-state index contributed by atoms with van der Waals surface area (Å²) in [6.07, 6.45) is 6.70. The van der Waals surface area contributed by atoms with E-state index < -0.39 is 11.6 Å². The molecule has 0 spiro atoms. The Morgan fingerprint density at radius 1 is 1.35 bits per heavy atom. The van der Waals surface area contributed by atoms with Crippen LogP contribution in [0.1, 0.15) is 30.0 Å². The van der Waals surface area contributed by atoms with Crippen LogP contribution in [-0.2, 0) is 7.05 Å². The van der Waals surface area contributed by atoms with Crippen molar-refractivity contribution in [3.8, 4) is 0 Å². The van der Waals surface area contributed by atoms with Crippen molar-refractivity contribution in [1.29, 1.82) is 0 Å². The third kappa shape index (κ3) is 2.49. The van der Waals surface area contributed by atoms with Gasteiger partial charge in [-0.3, -0.25) is 4.79 Å². The van der Waals surface area contributed by atoms with Crippen molar-refractivity contribution in [2.75, 3.05) is 18.8 Å². The summed E-state index contributed by atoms with van der Waals surface area (Å²) < 4.78 is 3.45. The van der Waals surface area contributed by atoms with E-state index >= 15 is 0 Å². The van der Waals surface area contributed by atoms with Crippen LogP contribution in [0, 0.1) is 0 Å². The molecule has 136 valence electrons. The number of imidazole rings is 2. The minimum Gasteiger partial charge on any atom is -0.388 e. The van der Waals surface area contributed by atoms with Crippen molar-refractivity contribution in [3.63, 3.8) is 0 Å². The van der Waals surface area contributed by atoms with Crippen LogP contribution in [0.2, 0.25) is 0 Å². The van der Waals surface area contributed by atoms with Gasteiger partial charge in [0.25, 0.3) is 5.91 Å². The molecule has 10 heteroatoms. The Morgan fingerprint density at radius 3 is 2.88 bits per heavy atom. The van der Waals surface area contributed by atoms with Gasteiger partial charge in [0, 0.05) is 32.5 Å². The van der Waals surface area contributed by atoms with Gasteiger partial charge < -0.3 is 24.9 Å². The van der Waals surface area contributed by atoms with Crippen molar-refractivity contribution < 1.29 is 9.90 Å². The second kappa shape index (κ2) is 5.77. The highest BCUT2D eigenvalue weighted by atomic mass is 16.3. The summed E-state index contributed by atoms with van der Waals surface area (Å²) in [5.74, 6) is 0.481. The molecule has 0 unspecified atom stereocenters. The van der Waals surface area contributed by atoms with E-state index in [0.717, 1.165) is 0 Å². The van der Waals surface area contributed by atoms with Gasteiger partial charge >= 0.3 is 0 Å². The van der Waals surface area contributed by atoms with Gasteiger partial charge in [0.05, 0.1) is 18.0 Å². The van der Waals surface area contributed by atoms with Gasteiger partial charge in [-0.15, -0.1) is 0 Å². The molecule has 4 heterocycles. The molecular weight excluding hydrogens is 336 g/mol. The van der Waals surface area contributed by atoms with Crippen LogP contribution in [0.25, 0.3) is 11.2 Å². The van der Waals surface area contributed by atoms with Crippen LogP contribution in [0.3, 0.4) is 0 Å². The second-order valence-electron chi connectivity index (χ2n) is 6.82. The highest BCUT2D eigenvalue weighted by molar-refractivity contribution is 5.91. The molecule has 3 aromatic rings. The first-order valence-electron chi connectivity index (χ1n) is 8.30. The molecular formula is C16H20N8O2. The number of aryl methyl sites for hydroxylation is 1. The zero-order valence-corrected chi connectivity index (χ0v) is 14.6. The number of carbonyl (C=O) groups excluding carboxylic acids is 1. The lowest BCUT2D eigenvalue weighted by Gasteiger charge is -2.43. The van der Waals surface area contributed by atoms with Crippen molar-refractivity contribution in [3.05, 3.63) is 30.9 Å². The predicted molar refractivity (Wildman–Crippen MR) is 93.1 cm³/mol. The molecule has 1 amide bonds. The summed E-state index contributed by atoms with van der Waals surface area (Å²) in [5, 5.41) is 10.9. The van der Waals surface area contributed by atoms with Crippen molar-refractivity contribution in [1.82, 2.24) is 34.0 Å². The molecule has 2 atom stereocenters. The summed E-state index contributed by atoms with van der Waals surface area (Å²) in [6, 6.07) is -0.417. The third-order valence-electron chi connectivity index (χ3n) is 5.02. The molecule has 0 aromatic carbocycles. The number of anilines is 1. The summed E-state index contributed by atoms with van der Waals surface area (Å²) in [6.45, 7) is 2.52. The molecule has 3 N–H and O–H groups in total. The van der Waals surface area contributed by atoms with E-state index in [0.29, 0.717) is 36.5 Å². The Labute approximate surface area is 149 Å². The fourth-order valence-electron chi connectivity index (χ4n) is 3.41. The first-order chi connectivity index (χ1) is 12.4. The first kappa shape index (κ1) is 16.5. The summed E-state index contributed by atoms with van der Waals surface area (Å²) >= 11 is 0. The van der Waals surface area contributed by atoms with Crippen molar-refractivity contribution in [2.24, 2.45) is 7.05 Å². The lowest BCUT2D eigenvalue weighted by molar-refractivity contribution is -0.0436. The Hall–Kier alpha value is -3.01. The molecule has 10 nitrogen and oxygen atoms in total. The number of nitrogens with zero attached hydrogens (tertiary/aromatic N) is 7. The molecule has 26 heavy (non-hydrogen) atoms. The average Bonchev–Trinajstić information content (AvgIpc) is 3.21. The van der Waals surface area contributed by atoms with Gasteiger partial charge in [-0.2, -0.15) is 0 Å². The SMILES string of the molecule is Cn1ccnc1C(=O)N1CC[C@@](C)(O)[C@H](n2cnc3c(N)ncnc32)C1. The monoisotopic (exact) mass is 356 g/mol. The number of aromatic nitrogens is 6. The molecule has 4 rings (SSSR count). The Bertz CT molecular complexity index is 976. The number of likely N-dealkylation sites (tertiary alicyclic amines) is 1. The average molecular weight is 356 g/mol. The minimum absolute atomic E-state index is 0.170. The van der Waals surface area contributed by atoms with E-state index in [-0.39, 0.29) is 11.7 Å². The number of rotatable bonds is 2. The van der Waals surface area contributed by atoms with Gasteiger partial charge in [-0.25, -0.2) is 19.9 Å². The van der Waals surface area contributed by atoms with Crippen LogP contribution >= 0.6 is 0 Å². The molecule has 0 bridgehead atoms. The normalized spacial score (nSPS) is 23.5. The van der Waals surface area contributed by atoms with Gasteiger partial charge in [-0.1, -0.05) is 0 Å². The summed E-state index contributed by atoms with van der Waals surface area (Å²) in [4.78, 5) is 31.1. The van der Waals surface area contributed by atoms with Crippen LogP contribution in [0.4, 0.5) is 5.82 Å². The molecule has 0 saturated carbocycles. The number of aliphatic hydroxyl groups is 1. The Morgan fingerprint density at radius 2 is 2.15 bits per heavy atom. The summed E-state index contributed by atoms with van der Waals surface area (Å²) in [5.41, 5.74) is 5.85. The summed E-state index contributed by atoms with van der Waals surface area (Å²) in [7, 11) is 1.78. The molecule has 0 radical (unpaired) electrons. The number of nitrogens with two attached hydrogens (primary N) is 1. The van der Waals surface area contributed by atoms with Crippen LogP contribution in [0.5, 0.6) is 0 Å². The minimum atomic E-state index is -1.02. The maximum atomic E-state index is 12.8. The smallest absolute Gasteiger partial charge is 0.289 e. The van der Waals surface area contributed by atoms with Crippen molar-refractivity contribution >= 4 is 22.9 Å². The number of hydrogen-bond donors (Lipinski definition) is 2. The topological polar surface area (TPSA) is 128 Å². The van der Waals surface area contributed by atoms with E-state index in [9.17, 15) is 9.90 Å². The maximum absolute atomic E-state index is 12.8. The second-order valence-corrected chi connectivity index (χ2v) is 6.82. The highest BCUT2D eigenvalue weighted by Gasteiger charge is 2.41. The van der Waals surface area contributed by atoms with Crippen molar-refractivity contribution in [2.45, 2.75) is 25.0 Å². The fraction of sp³-hybridized carbons (Fsp3) is 0.438.